The van der Waals surface area contributed by atoms with Crippen molar-refractivity contribution < 1.29 is 14.6 Å². The van der Waals surface area contributed by atoms with E-state index in [1.165, 1.54) is 16.8 Å². The van der Waals surface area contributed by atoms with Crippen LogP contribution in [0.25, 0.3) is 22.3 Å². The van der Waals surface area contributed by atoms with Crippen molar-refractivity contribution in [2.45, 2.75) is 6.61 Å². The second kappa shape index (κ2) is 10.5. The average molecular weight is 510 g/mol. The van der Waals surface area contributed by atoms with Crippen molar-refractivity contribution in [1.29, 1.82) is 0 Å². The molecule has 1 aromatic heterocycles. The Kier molecular flexibility index (Phi) is 6.78. The largest absolute Gasteiger partial charge is 0.487 e. The van der Waals surface area contributed by atoms with Gasteiger partial charge in [0.15, 0.2) is 5.82 Å². The van der Waals surface area contributed by atoms with Crippen molar-refractivity contribution >= 4 is 34.7 Å². The maximum Gasteiger partial charge on any atom is 0.335 e. The standard InChI is InChI=1S/C29H20ClN3O4/c30-24-16-20(12-15-26(24)37-18-19-10-13-22(14-11-19)29(35)36)17-31-33-27(21-6-2-1-3-7-21)32-25-9-5-4-8-23(25)28(33)34/h1-17H,18H2,(H,35,36). The highest BCUT2D eigenvalue weighted by molar-refractivity contribution is 6.32. The predicted octanol–water partition coefficient (Wildman–Crippen LogP) is 5.88. The number of halogens is 1. The van der Waals surface area contributed by atoms with E-state index in [0.29, 0.717) is 33.1 Å². The molecule has 0 saturated carbocycles. The molecule has 0 aliphatic carbocycles. The van der Waals surface area contributed by atoms with Gasteiger partial charge in [0.1, 0.15) is 12.4 Å². The van der Waals surface area contributed by atoms with Gasteiger partial charge >= 0.3 is 5.97 Å². The van der Waals surface area contributed by atoms with Crippen LogP contribution in [-0.2, 0) is 6.61 Å². The average Bonchev–Trinajstić information content (AvgIpc) is 2.92. The topological polar surface area (TPSA) is 93.8 Å². The summed E-state index contributed by atoms with van der Waals surface area (Å²) in [6, 6.07) is 28.2. The van der Waals surface area contributed by atoms with Crippen LogP contribution in [-0.4, -0.2) is 27.0 Å². The Hall–Kier alpha value is -4.75. The highest BCUT2D eigenvalue weighted by Gasteiger charge is 2.12. The lowest BCUT2D eigenvalue weighted by molar-refractivity contribution is 0.0697. The molecular formula is C29H20ClN3O4. The van der Waals surface area contributed by atoms with E-state index in [2.05, 4.69) is 10.1 Å². The number of rotatable bonds is 7. The number of ether oxygens (including phenoxy) is 1. The predicted molar refractivity (Wildman–Crippen MR) is 144 cm³/mol. The summed E-state index contributed by atoms with van der Waals surface area (Å²) in [6.07, 6.45) is 1.55. The third-order valence-electron chi connectivity index (χ3n) is 5.66. The van der Waals surface area contributed by atoms with E-state index in [-0.39, 0.29) is 17.7 Å². The first-order valence-corrected chi connectivity index (χ1v) is 11.7. The molecule has 182 valence electrons. The van der Waals surface area contributed by atoms with Gasteiger partial charge in [-0.05, 0) is 53.6 Å². The lowest BCUT2D eigenvalue weighted by atomic mass is 10.1. The van der Waals surface area contributed by atoms with Crippen LogP contribution >= 0.6 is 11.6 Å². The SMILES string of the molecule is O=C(O)c1ccc(COc2ccc(C=Nn3c(-c4ccccc4)nc4ccccc4c3=O)cc2Cl)cc1. The summed E-state index contributed by atoms with van der Waals surface area (Å²) < 4.78 is 7.08. The van der Waals surface area contributed by atoms with Crippen molar-refractivity contribution in [3.8, 4) is 17.1 Å². The maximum absolute atomic E-state index is 13.3. The van der Waals surface area contributed by atoms with E-state index in [9.17, 15) is 9.59 Å². The minimum absolute atomic E-state index is 0.210. The van der Waals surface area contributed by atoms with E-state index < -0.39 is 5.97 Å². The number of carboxylic acids is 1. The number of aromatic nitrogens is 2. The summed E-state index contributed by atoms with van der Waals surface area (Å²) in [6.45, 7) is 0.228. The molecule has 0 amide bonds. The fraction of sp³-hybridized carbons (Fsp3) is 0.0345. The van der Waals surface area contributed by atoms with E-state index in [1.54, 1.807) is 54.7 Å². The first kappa shape index (κ1) is 24.0. The number of carboxylic acid groups (broad SMARTS) is 1. The van der Waals surface area contributed by atoms with Crippen molar-refractivity contribution in [1.82, 2.24) is 9.66 Å². The van der Waals surface area contributed by atoms with E-state index in [4.69, 9.17) is 21.4 Å². The van der Waals surface area contributed by atoms with Gasteiger partial charge in [0.25, 0.3) is 5.56 Å². The molecular weight excluding hydrogens is 490 g/mol. The van der Waals surface area contributed by atoms with Crippen molar-refractivity contribution in [2.24, 2.45) is 5.10 Å². The molecule has 0 unspecified atom stereocenters. The number of fused-ring (bicyclic) bond motifs is 1. The first-order valence-electron chi connectivity index (χ1n) is 11.4. The van der Waals surface area contributed by atoms with E-state index in [1.807, 2.05) is 36.4 Å². The summed E-state index contributed by atoms with van der Waals surface area (Å²) in [7, 11) is 0. The first-order chi connectivity index (χ1) is 18.0. The molecule has 0 fully saturated rings. The van der Waals surface area contributed by atoms with Crippen LogP contribution in [0.5, 0.6) is 5.75 Å². The molecule has 4 aromatic carbocycles. The Bertz CT molecular complexity index is 1680. The van der Waals surface area contributed by atoms with Crippen LogP contribution in [0.4, 0.5) is 0 Å². The number of nitrogens with zero attached hydrogens (tertiary/aromatic N) is 3. The Morgan fingerprint density at radius 2 is 1.70 bits per heavy atom. The fourth-order valence-electron chi connectivity index (χ4n) is 3.75. The number of benzene rings is 4. The molecule has 7 nitrogen and oxygen atoms in total. The number of hydrogen-bond donors (Lipinski definition) is 1. The number of carbonyl (C=O) groups is 1. The van der Waals surface area contributed by atoms with Crippen LogP contribution in [0.2, 0.25) is 5.02 Å². The number of hydrogen-bond acceptors (Lipinski definition) is 5. The molecule has 8 heteroatoms. The van der Waals surface area contributed by atoms with Gasteiger partial charge in [0, 0.05) is 5.56 Å². The minimum atomic E-state index is -0.981. The molecule has 5 aromatic rings. The highest BCUT2D eigenvalue weighted by atomic mass is 35.5. The molecule has 0 aliphatic rings. The molecule has 0 aliphatic heterocycles. The zero-order chi connectivity index (χ0) is 25.8. The van der Waals surface area contributed by atoms with Gasteiger partial charge in [-0.2, -0.15) is 9.78 Å². The Balaban J connectivity index is 1.41. The molecule has 1 N–H and O–H groups in total. The molecule has 0 saturated heterocycles. The van der Waals surface area contributed by atoms with Gasteiger partial charge in [0.2, 0.25) is 0 Å². The highest BCUT2D eigenvalue weighted by Crippen LogP contribution is 2.26. The summed E-state index contributed by atoms with van der Waals surface area (Å²) in [4.78, 5) is 29.0. The number of para-hydroxylation sites is 1. The van der Waals surface area contributed by atoms with Gasteiger partial charge in [-0.15, -0.1) is 0 Å². The Labute approximate surface area is 216 Å². The lowest BCUT2D eigenvalue weighted by Gasteiger charge is -2.10. The second-order valence-electron chi connectivity index (χ2n) is 8.16. The molecule has 1 heterocycles. The van der Waals surface area contributed by atoms with Crippen LogP contribution in [0.1, 0.15) is 21.5 Å². The minimum Gasteiger partial charge on any atom is -0.487 e. The van der Waals surface area contributed by atoms with Crippen molar-refractivity contribution in [2.75, 3.05) is 0 Å². The van der Waals surface area contributed by atoms with E-state index in [0.717, 1.165) is 11.1 Å². The van der Waals surface area contributed by atoms with Crippen LogP contribution in [0.15, 0.2) is 107 Å². The lowest BCUT2D eigenvalue weighted by Crippen LogP contribution is -2.20. The fourth-order valence-corrected chi connectivity index (χ4v) is 3.99. The molecule has 0 radical (unpaired) electrons. The van der Waals surface area contributed by atoms with Gasteiger partial charge in [-0.25, -0.2) is 9.78 Å². The maximum atomic E-state index is 13.3. The molecule has 0 bridgehead atoms. The van der Waals surface area contributed by atoms with Gasteiger partial charge in [0.05, 0.1) is 27.7 Å². The quantitative estimate of drug-likeness (QED) is 0.277. The monoisotopic (exact) mass is 509 g/mol. The molecule has 5 rings (SSSR count). The normalized spacial score (nSPS) is 11.2. The Morgan fingerprint density at radius 3 is 2.43 bits per heavy atom. The summed E-state index contributed by atoms with van der Waals surface area (Å²) in [5.74, 6) is -0.0819. The van der Waals surface area contributed by atoms with Gasteiger partial charge < -0.3 is 9.84 Å². The van der Waals surface area contributed by atoms with Crippen LogP contribution < -0.4 is 10.3 Å². The Morgan fingerprint density at radius 1 is 0.973 bits per heavy atom. The van der Waals surface area contributed by atoms with Gasteiger partial charge in [-0.3, -0.25) is 4.79 Å². The van der Waals surface area contributed by atoms with E-state index >= 15 is 0 Å². The van der Waals surface area contributed by atoms with Gasteiger partial charge in [-0.1, -0.05) is 66.2 Å². The van der Waals surface area contributed by atoms with Crippen LogP contribution in [0.3, 0.4) is 0 Å². The molecule has 0 atom stereocenters. The smallest absolute Gasteiger partial charge is 0.335 e. The summed E-state index contributed by atoms with van der Waals surface area (Å²) >= 11 is 6.44. The summed E-state index contributed by atoms with van der Waals surface area (Å²) in [5.41, 5.74) is 2.77. The summed E-state index contributed by atoms with van der Waals surface area (Å²) in [5, 5.41) is 14.3. The zero-order valence-corrected chi connectivity index (χ0v) is 20.2. The van der Waals surface area contributed by atoms with Crippen LogP contribution in [0, 0.1) is 0 Å². The molecule has 37 heavy (non-hydrogen) atoms. The third kappa shape index (κ3) is 5.27. The number of aromatic carboxylic acids is 1. The second-order valence-corrected chi connectivity index (χ2v) is 8.57. The molecule has 0 spiro atoms. The zero-order valence-electron chi connectivity index (χ0n) is 19.4. The van der Waals surface area contributed by atoms with Crippen molar-refractivity contribution in [3.63, 3.8) is 0 Å². The third-order valence-corrected chi connectivity index (χ3v) is 5.95. The van der Waals surface area contributed by atoms with Crippen molar-refractivity contribution in [3.05, 3.63) is 129 Å².